The molecular weight excluding hydrogens is 289 g/mol. The van der Waals surface area contributed by atoms with Crippen LogP contribution in [-0.4, -0.2) is 23.2 Å². The van der Waals surface area contributed by atoms with Gasteiger partial charge in [-0.2, -0.15) is 5.10 Å². The van der Waals surface area contributed by atoms with Crippen LogP contribution < -0.4 is 5.73 Å². The predicted molar refractivity (Wildman–Crippen MR) is 86.2 cm³/mol. The molecular formula is C15H20FN3OS. The SMILES string of the molecule is Cc1cc(COCCCCC2=NN=C(N)SC2)ccc1F. The van der Waals surface area contributed by atoms with Gasteiger partial charge in [-0.3, -0.25) is 0 Å². The Labute approximate surface area is 128 Å². The summed E-state index contributed by atoms with van der Waals surface area (Å²) < 4.78 is 18.7. The molecule has 0 unspecified atom stereocenters. The molecule has 0 aromatic heterocycles. The minimum absolute atomic E-state index is 0.173. The normalized spacial score (nSPS) is 14.8. The van der Waals surface area contributed by atoms with E-state index in [2.05, 4.69) is 10.2 Å². The van der Waals surface area contributed by atoms with Crippen molar-refractivity contribution in [2.24, 2.45) is 15.9 Å². The number of nitrogens with zero attached hydrogens (tertiary/aromatic N) is 2. The van der Waals surface area contributed by atoms with Crippen LogP contribution in [0.4, 0.5) is 4.39 Å². The molecule has 6 heteroatoms. The number of benzene rings is 1. The van der Waals surface area contributed by atoms with Crippen LogP contribution in [0.25, 0.3) is 0 Å². The molecule has 0 atom stereocenters. The average molecular weight is 309 g/mol. The molecule has 1 heterocycles. The van der Waals surface area contributed by atoms with E-state index in [0.717, 1.165) is 36.3 Å². The lowest BCUT2D eigenvalue weighted by molar-refractivity contribution is 0.117. The van der Waals surface area contributed by atoms with Crippen molar-refractivity contribution in [1.29, 1.82) is 0 Å². The zero-order valence-corrected chi connectivity index (χ0v) is 13.0. The Morgan fingerprint density at radius 2 is 2.19 bits per heavy atom. The van der Waals surface area contributed by atoms with Crippen molar-refractivity contribution in [3.05, 3.63) is 35.1 Å². The highest BCUT2D eigenvalue weighted by atomic mass is 32.2. The number of halogens is 1. The molecule has 1 aliphatic heterocycles. The van der Waals surface area contributed by atoms with Gasteiger partial charge in [-0.15, -0.1) is 5.10 Å². The molecule has 4 nitrogen and oxygen atoms in total. The first-order valence-electron chi connectivity index (χ1n) is 6.99. The van der Waals surface area contributed by atoms with Crippen LogP contribution in [-0.2, 0) is 11.3 Å². The van der Waals surface area contributed by atoms with Crippen LogP contribution in [0.15, 0.2) is 28.4 Å². The fourth-order valence-electron chi connectivity index (χ4n) is 1.98. The second-order valence-electron chi connectivity index (χ2n) is 4.99. The number of rotatable bonds is 7. The second kappa shape index (κ2) is 8.14. The van der Waals surface area contributed by atoms with E-state index >= 15 is 0 Å². The Balaban J connectivity index is 1.59. The van der Waals surface area contributed by atoms with Crippen molar-refractivity contribution in [3.8, 4) is 0 Å². The van der Waals surface area contributed by atoms with E-state index < -0.39 is 0 Å². The molecule has 0 saturated heterocycles. The lowest BCUT2D eigenvalue weighted by atomic mass is 10.1. The molecule has 0 aliphatic carbocycles. The first-order chi connectivity index (χ1) is 10.1. The number of hydrogen-bond acceptors (Lipinski definition) is 5. The van der Waals surface area contributed by atoms with Gasteiger partial charge in [0.05, 0.1) is 12.3 Å². The molecule has 0 radical (unpaired) electrons. The number of ether oxygens (including phenoxy) is 1. The number of unbranched alkanes of at least 4 members (excludes halogenated alkanes) is 1. The summed E-state index contributed by atoms with van der Waals surface area (Å²) in [5, 5.41) is 8.48. The van der Waals surface area contributed by atoms with Gasteiger partial charge < -0.3 is 10.5 Å². The third kappa shape index (κ3) is 5.47. The van der Waals surface area contributed by atoms with Gasteiger partial charge in [0.1, 0.15) is 5.82 Å². The summed E-state index contributed by atoms with van der Waals surface area (Å²) in [7, 11) is 0. The van der Waals surface area contributed by atoms with Crippen molar-refractivity contribution in [1.82, 2.24) is 0 Å². The van der Waals surface area contributed by atoms with Crippen molar-refractivity contribution in [3.63, 3.8) is 0 Å². The number of thioether (sulfide) groups is 1. The summed E-state index contributed by atoms with van der Waals surface area (Å²) in [5.74, 6) is 0.665. The Morgan fingerprint density at radius 3 is 2.90 bits per heavy atom. The van der Waals surface area contributed by atoms with E-state index in [1.165, 1.54) is 17.8 Å². The molecule has 114 valence electrons. The van der Waals surface area contributed by atoms with Gasteiger partial charge in [0.15, 0.2) is 5.17 Å². The van der Waals surface area contributed by atoms with Crippen LogP contribution in [0.1, 0.15) is 30.4 Å². The van der Waals surface area contributed by atoms with Crippen molar-refractivity contribution < 1.29 is 9.13 Å². The molecule has 2 rings (SSSR count). The second-order valence-corrected chi connectivity index (χ2v) is 5.98. The maximum Gasteiger partial charge on any atom is 0.180 e. The molecule has 0 bridgehead atoms. The third-order valence-electron chi connectivity index (χ3n) is 3.17. The van der Waals surface area contributed by atoms with E-state index in [4.69, 9.17) is 10.5 Å². The van der Waals surface area contributed by atoms with Crippen LogP contribution in [0.3, 0.4) is 0 Å². The van der Waals surface area contributed by atoms with Crippen LogP contribution in [0.2, 0.25) is 0 Å². The molecule has 0 fully saturated rings. The smallest absolute Gasteiger partial charge is 0.180 e. The van der Waals surface area contributed by atoms with Gasteiger partial charge in [0.2, 0.25) is 0 Å². The fourth-order valence-corrected chi connectivity index (χ4v) is 2.59. The average Bonchev–Trinajstić information content (AvgIpc) is 2.48. The van der Waals surface area contributed by atoms with Gasteiger partial charge in [0.25, 0.3) is 0 Å². The van der Waals surface area contributed by atoms with Gasteiger partial charge in [0, 0.05) is 12.4 Å². The zero-order chi connectivity index (χ0) is 15.1. The van der Waals surface area contributed by atoms with E-state index in [1.54, 1.807) is 13.0 Å². The quantitative estimate of drug-likeness (QED) is 0.787. The maximum absolute atomic E-state index is 13.1. The lowest BCUT2D eigenvalue weighted by Gasteiger charge is -2.09. The maximum atomic E-state index is 13.1. The molecule has 1 aliphatic rings. The highest BCUT2D eigenvalue weighted by molar-refractivity contribution is 8.14. The summed E-state index contributed by atoms with van der Waals surface area (Å²) in [4.78, 5) is 0. The minimum Gasteiger partial charge on any atom is -0.377 e. The van der Waals surface area contributed by atoms with Gasteiger partial charge in [-0.25, -0.2) is 4.39 Å². The summed E-state index contributed by atoms with van der Waals surface area (Å²) >= 11 is 1.53. The highest BCUT2D eigenvalue weighted by Crippen LogP contribution is 2.12. The highest BCUT2D eigenvalue weighted by Gasteiger charge is 2.07. The van der Waals surface area contributed by atoms with Crippen LogP contribution in [0, 0.1) is 12.7 Å². The van der Waals surface area contributed by atoms with E-state index in [0.29, 0.717) is 23.9 Å². The lowest BCUT2D eigenvalue weighted by Crippen LogP contribution is -2.15. The van der Waals surface area contributed by atoms with E-state index in [9.17, 15) is 4.39 Å². The van der Waals surface area contributed by atoms with Crippen LogP contribution in [0.5, 0.6) is 0 Å². The molecule has 0 spiro atoms. The van der Waals surface area contributed by atoms with Crippen molar-refractivity contribution in [2.45, 2.75) is 32.8 Å². The first-order valence-corrected chi connectivity index (χ1v) is 7.98. The van der Waals surface area contributed by atoms with Crippen molar-refractivity contribution >= 4 is 22.6 Å². The third-order valence-corrected chi connectivity index (χ3v) is 4.03. The van der Waals surface area contributed by atoms with Crippen LogP contribution >= 0.6 is 11.8 Å². The van der Waals surface area contributed by atoms with E-state index in [1.807, 2.05) is 6.07 Å². The first kappa shape index (κ1) is 16.0. The number of nitrogens with two attached hydrogens (primary N) is 1. The molecule has 1 aromatic rings. The number of hydrogen-bond donors (Lipinski definition) is 1. The largest absolute Gasteiger partial charge is 0.377 e. The molecule has 1 aromatic carbocycles. The number of amidine groups is 1. The summed E-state index contributed by atoms with van der Waals surface area (Å²) in [6, 6.07) is 5.07. The van der Waals surface area contributed by atoms with Gasteiger partial charge in [-0.05, 0) is 43.4 Å². The predicted octanol–water partition coefficient (Wildman–Crippen LogP) is 3.24. The summed E-state index contributed by atoms with van der Waals surface area (Å²) in [5.41, 5.74) is 8.28. The minimum atomic E-state index is -0.173. The topological polar surface area (TPSA) is 60.0 Å². The summed E-state index contributed by atoms with van der Waals surface area (Å²) in [6.07, 6.45) is 2.93. The Bertz CT molecular complexity index is 546. The number of aryl methyl sites for hydroxylation is 1. The molecule has 0 saturated carbocycles. The van der Waals surface area contributed by atoms with Crippen molar-refractivity contribution in [2.75, 3.05) is 12.4 Å². The Kier molecular flexibility index (Phi) is 6.20. The zero-order valence-electron chi connectivity index (χ0n) is 12.1. The molecule has 21 heavy (non-hydrogen) atoms. The molecule has 0 amide bonds. The molecule has 2 N–H and O–H groups in total. The fraction of sp³-hybridized carbons (Fsp3) is 0.467. The summed E-state index contributed by atoms with van der Waals surface area (Å²) in [6.45, 7) is 2.98. The van der Waals surface area contributed by atoms with Gasteiger partial charge >= 0.3 is 0 Å². The monoisotopic (exact) mass is 309 g/mol. The van der Waals surface area contributed by atoms with E-state index in [-0.39, 0.29) is 5.82 Å². The van der Waals surface area contributed by atoms with Gasteiger partial charge in [-0.1, -0.05) is 23.9 Å². The Hall–Kier alpha value is -1.40. The standard InChI is InChI=1S/C15H20FN3OS/c1-11-8-12(5-6-14(11)16)9-20-7-3-2-4-13-10-21-15(17)19-18-13/h5-6,8H,2-4,7,9-10H2,1H3,(H2,17,19). The Morgan fingerprint density at radius 1 is 1.33 bits per heavy atom.